The normalized spacial score (nSPS) is 19.6. The minimum Gasteiger partial charge on any atom is -0.477 e. The van der Waals surface area contributed by atoms with Gasteiger partial charge in [-0.3, -0.25) is 14.5 Å². The highest BCUT2D eigenvalue weighted by Crippen LogP contribution is 2.40. The summed E-state index contributed by atoms with van der Waals surface area (Å²) < 4.78 is 3.58. The van der Waals surface area contributed by atoms with E-state index in [2.05, 4.69) is 20.7 Å². The Kier molecular flexibility index (Phi) is 6.55. The summed E-state index contributed by atoms with van der Waals surface area (Å²) in [6.45, 7) is 2.85. The quantitative estimate of drug-likeness (QED) is 0.155. The van der Waals surface area contributed by atoms with Crippen LogP contribution in [0.3, 0.4) is 0 Å². The van der Waals surface area contributed by atoms with E-state index in [-0.39, 0.29) is 28.8 Å². The monoisotopic (exact) mass is 543 g/mol. The summed E-state index contributed by atoms with van der Waals surface area (Å²) in [5.41, 5.74) is 8.01. The summed E-state index contributed by atoms with van der Waals surface area (Å²) in [4.78, 5) is 48.3. The molecule has 0 spiro atoms. The largest absolute Gasteiger partial charge is 0.477 e. The third-order valence-corrected chi connectivity index (χ3v) is 8.01. The van der Waals surface area contributed by atoms with Gasteiger partial charge in [-0.25, -0.2) is 9.78 Å². The topological polar surface area (TPSA) is 169 Å². The number of carboxylic acid groups (broad SMARTS) is 1. The Bertz CT molecular complexity index is 1480. The number of para-hydroxylation sites is 2. The van der Waals surface area contributed by atoms with Crippen LogP contribution in [0.4, 0.5) is 5.13 Å². The molecule has 13 nitrogen and oxygen atoms in total. The van der Waals surface area contributed by atoms with Crippen molar-refractivity contribution < 1.29 is 29.0 Å². The molecule has 1 fully saturated rings. The molecule has 0 bridgehead atoms. The highest BCUT2D eigenvalue weighted by molar-refractivity contribution is 8.00. The fourth-order valence-corrected chi connectivity index (χ4v) is 6.25. The zero-order valence-corrected chi connectivity index (χ0v) is 21.5. The number of rotatable bonds is 8. The molecule has 2 atom stereocenters. The van der Waals surface area contributed by atoms with Gasteiger partial charge in [-0.05, 0) is 19.1 Å². The maximum absolute atomic E-state index is 13.1. The van der Waals surface area contributed by atoms with Crippen LogP contribution in [0, 0.1) is 0 Å². The third kappa shape index (κ3) is 4.29. The van der Waals surface area contributed by atoms with Crippen LogP contribution >= 0.6 is 23.1 Å². The number of anilines is 1. The molecule has 5 rings (SSSR count). The average molecular weight is 544 g/mol. The summed E-state index contributed by atoms with van der Waals surface area (Å²) in [7, 11) is 1.28. The van der Waals surface area contributed by atoms with Gasteiger partial charge in [0, 0.05) is 16.7 Å². The van der Waals surface area contributed by atoms with E-state index in [1.165, 1.54) is 23.8 Å². The highest BCUT2D eigenvalue weighted by atomic mass is 32.2. The number of thioether (sulfide) groups is 1. The third-order valence-electron chi connectivity index (χ3n) is 5.99. The van der Waals surface area contributed by atoms with Crippen LogP contribution in [0.2, 0.25) is 0 Å². The first kappa shape index (κ1) is 24.7. The number of thiazole rings is 1. The van der Waals surface area contributed by atoms with Gasteiger partial charge in [-0.1, -0.05) is 17.3 Å². The number of aromatic nitrogens is 4. The molecule has 0 unspecified atom stereocenters. The van der Waals surface area contributed by atoms with Crippen LogP contribution in [0.5, 0.6) is 0 Å². The molecular formula is C22H23N8O5S2+. The van der Waals surface area contributed by atoms with Crippen molar-refractivity contribution in [2.45, 2.75) is 31.4 Å². The fraction of sp³-hybridized carbons (Fsp3) is 0.318. The molecule has 0 saturated carbocycles. The number of nitrogen functional groups attached to an aromatic ring is 1. The summed E-state index contributed by atoms with van der Waals surface area (Å²) in [5, 5.41) is 22.2. The smallest absolute Gasteiger partial charge is 0.352 e. The average Bonchev–Trinajstić information content (AvgIpc) is 3.48. The van der Waals surface area contributed by atoms with E-state index in [0.717, 1.165) is 22.4 Å². The molecule has 4 N–H and O–H groups in total. The van der Waals surface area contributed by atoms with E-state index in [0.29, 0.717) is 17.9 Å². The van der Waals surface area contributed by atoms with E-state index >= 15 is 0 Å². The zero-order valence-electron chi connectivity index (χ0n) is 19.8. The van der Waals surface area contributed by atoms with Crippen molar-refractivity contribution >= 4 is 62.8 Å². The number of nitrogens with zero attached hydrogens (tertiary/aromatic N) is 6. The summed E-state index contributed by atoms with van der Waals surface area (Å²) in [6.07, 6.45) is 0. The Balaban J connectivity index is 1.39. The number of hydrogen-bond donors (Lipinski definition) is 3. The molecule has 2 aliphatic heterocycles. The molecule has 0 radical (unpaired) electrons. The number of fused-ring (bicyclic) bond motifs is 2. The molecule has 15 heteroatoms. The summed E-state index contributed by atoms with van der Waals surface area (Å²) in [6, 6.07) is 6.76. The predicted molar refractivity (Wildman–Crippen MR) is 135 cm³/mol. The Hall–Kier alpha value is -3.98. The van der Waals surface area contributed by atoms with Crippen LogP contribution in [-0.2, 0) is 32.3 Å². The van der Waals surface area contributed by atoms with Gasteiger partial charge in [0.2, 0.25) is 0 Å². The van der Waals surface area contributed by atoms with E-state index in [1.54, 1.807) is 10.1 Å². The Morgan fingerprint density at radius 2 is 2.16 bits per heavy atom. The fourth-order valence-electron chi connectivity index (χ4n) is 4.37. The second-order valence-electron chi connectivity index (χ2n) is 8.16. The number of benzene rings is 1. The van der Waals surface area contributed by atoms with E-state index in [1.807, 2.05) is 35.9 Å². The number of carbonyl (C=O) groups is 3. The van der Waals surface area contributed by atoms with Gasteiger partial charge in [-0.15, -0.1) is 32.5 Å². The number of aryl methyl sites for hydroxylation is 1. The molecule has 3 aromatic rings. The lowest BCUT2D eigenvalue weighted by molar-refractivity contribution is -0.725. The summed E-state index contributed by atoms with van der Waals surface area (Å²) >= 11 is 2.51. The maximum Gasteiger partial charge on any atom is 0.352 e. The number of nitrogens with one attached hydrogen (secondary N) is 1. The standard InChI is InChI=1S/C22H22N8O5S2/c1-3-28-13-6-4-5-7-14(13)29(27-28)8-11-9-36-20-16(19(32)30(20)17(11)21(33)34)25-18(31)15(26-35-2)12-10-37-22(23)24-12/h4-7,10,16,20H,3,8-9H2,1-2H3,(H3-,23,24,25,31,33,34)/p+1/b26-15-/t16-,20-/m1/s1. The van der Waals surface area contributed by atoms with Crippen molar-refractivity contribution in [1.29, 1.82) is 0 Å². The van der Waals surface area contributed by atoms with Crippen molar-refractivity contribution in [2.24, 2.45) is 5.16 Å². The second-order valence-corrected chi connectivity index (χ2v) is 10.2. The van der Waals surface area contributed by atoms with Crippen LogP contribution in [0.1, 0.15) is 12.6 Å². The van der Waals surface area contributed by atoms with Gasteiger partial charge < -0.3 is 21.0 Å². The zero-order chi connectivity index (χ0) is 26.3. The molecule has 2 amide bonds. The number of oxime groups is 1. The number of hydrogen-bond acceptors (Lipinski definition) is 10. The van der Waals surface area contributed by atoms with E-state index in [4.69, 9.17) is 10.6 Å². The number of β-lactam (4-membered cyclic amide) rings is 1. The number of nitrogens with two attached hydrogens (primary N) is 1. The van der Waals surface area contributed by atoms with Crippen molar-refractivity contribution in [3.05, 3.63) is 46.6 Å². The number of amides is 2. The minimum atomic E-state index is -1.21. The lowest BCUT2D eigenvalue weighted by Crippen LogP contribution is -2.71. The van der Waals surface area contributed by atoms with E-state index in [9.17, 15) is 19.5 Å². The Morgan fingerprint density at radius 1 is 1.38 bits per heavy atom. The molecule has 1 aromatic carbocycles. The van der Waals surface area contributed by atoms with Crippen LogP contribution in [0.25, 0.3) is 11.0 Å². The lowest BCUT2D eigenvalue weighted by atomic mass is 10.0. The first-order chi connectivity index (χ1) is 17.8. The van der Waals surface area contributed by atoms with Crippen molar-refractivity contribution in [3.63, 3.8) is 0 Å². The van der Waals surface area contributed by atoms with Gasteiger partial charge in [-0.2, -0.15) is 0 Å². The molecule has 2 aliphatic rings. The van der Waals surface area contributed by atoms with Gasteiger partial charge in [0.25, 0.3) is 11.8 Å². The molecular weight excluding hydrogens is 520 g/mol. The van der Waals surface area contributed by atoms with E-state index < -0.39 is 29.2 Å². The first-order valence-corrected chi connectivity index (χ1v) is 13.2. The molecule has 192 valence electrons. The molecule has 2 aromatic heterocycles. The lowest BCUT2D eigenvalue weighted by Gasteiger charge is -2.49. The Labute approximate surface area is 218 Å². The maximum atomic E-state index is 13.1. The summed E-state index contributed by atoms with van der Waals surface area (Å²) in [5.74, 6) is -2.06. The number of aliphatic carboxylic acids is 1. The predicted octanol–water partition coefficient (Wildman–Crippen LogP) is 0.172. The highest BCUT2D eigenvalue weighted by Gasteiger charge is 2.54. The van der Waals surface area contributed by atoms with Gasteiger partial charge in [0.1, 0.15) is 43.0 Å². The first-order valence-electron chi connectivity index (χ1n) is 11.2. The van der Waals surface area contributed by atoms with Gasteiger partial charge in [0.05, 0.1) is 5.21 Å². The molecule has 1 saturated heterocycles. The SMILES string of the molecule is CCn1n[n+](CC2=C(C(=O)O)N3C(=O)[C@@H](NC(=O)/C(=N\OC)c4csc(N)n4)[C@H]3SC2)c2ccccc21. The second kappa shape index (κ2) is 9.82. The van der Waals surface area contributed by atoms with Gasteiger partial charge in [0.15, 0.2) is 21.9 Å². The minimum absolute atomic E-state index is 0.0834. The van der Waals surface area contributed by atoms with Crippen LogP contribution < -0.4 is 15.7 Å². The molecule has 0 aliphatic carbocycles. The van der Waals surface area contributed by atoms with Crippen molar-refractivity contribution in [3.8, 4) is 0 Å². The van der Waals surface area contributed by atoms with Crippen molar-refractivity contribution in [2.75, 3.05) is 18.6 Å². The number of carbonyl (C=O) groups excluding carboxylic acids is 2. The van der Waals surface area contributed by atoms with Gasteiger partial charge >= 0.3 is 5.97 Å². The molecule has 37 heavy (non-hydrogen) atoms. The Morgan fingerprint density at radius 3 is 2.84 bits per heavy atom. The van der Waals surface area contributed by atoms with Crippen molar-refractivity contribution in [1.82, 2.24) is 25.1 Å². The van der Waals surface area contributed by atoms with Crippen LogP contribution in [-0.4, -0.2) is 72.7 Å². The molecule has 4 heterocycles. The number of carboxylic acids is 1. The van der Waals surface area contributed by atoms with Crippen LogP contribution in [0.15, 0.2) is 46.1 Å².